The fourth-order valence-corrected chi connectivity index (χ4v) is 5.23. The van der Waals surface area contributed by atoms with Gasteiger partial charge in [0.1, 0.15) is 18.9 Å². The van der Waals surface area contributed by atoms with Crippen molar-refractivity contribution in [3.8, 4) is 5.69 Å². The summed E-state index contributed by atoms with van der Waals surface area (Å²) in [7, 11) is 3.23. The molecular formula is C41H57N5O15. The van der Waals surface area contributed by atoms with E-state index in [0.717, 1.165) is 5.39 Å². The largest absolute Gasteiger partial charge is 0.460 e. The Hall–Kier alpha value is -4.74. The molecule has 4 rings (SSSR count). The summed E-state index contributed by atoms with van der Waals surface area (Å²) in [6.45, 7) is 7.08. The molecule has 61 heavy (non-hydrogen) atoms. The van der Waals surface area contributed by atoms with Gasteiger partial charge in [0.2, 0.25) is 0 Å². The summed E-state index contributed by atoms with van der Waals surface area (Å²) in [4.78, 5) is 39.5. The zero-order valence-electron chi connectivity index (χ0n) is 34.9. The first-order valence-corrected chi connectivity index (χ1v) is 20.0. The molecule has 20 heteroatoms. The molecule has 0 amide bonds. The predicted molar refractivity (Wildman–Crippen MR) is 217 cm³/mol. The third-order valence-corrected chi connectivity index (χ3v) is 8.29. The van der Waals surface area contributed by atoms with Crippen molar-refractivity contribution in [1.29, 1.82) is 0 Å². The molecule has 0 radical (unpaired) electrons. The lowest BCUT2D eigenvalue weighted by atomic mass is 10.1. The number of nitrogens with zero attached hydrogens (tertiary/aromatic N) is 5. The fourth-order valence-electron chi connectivity index (χ4n) is 5.23. The van der Waals surface area contributed by atoms with Crippen molar-refractivity contribution < 1.29 is 66.4 Å². The Bertz CT molecular complexity index is 1830. The molecule has 0 unspecified atom stereocenters. The Kier molecular flexibility index (Phi) is 24.3. The molecule has 0 N–H and O–H groups in total. The van der Waals surface area contributed by atoms with Gasteiger partial charge >= 0.3 is 11.9 Å². The molecule has 4 aromatic rings. The molecular weight excluding hydrogens is 802 g/mol. The molecule has 336 valence electrons. The van der Waals surface area contributed by atoms with E-state index in [1.54, 1.807) is 38.7 Å². The normalized spacial score (nSPS) is 11.4. The number of methoxy groups -OCH3 is 2. The molecule has 0 spiro atoms. The van der Waals surface area contributed by atoms with Gasteiger partial charge in [0.15, 0.2) is 0 Å². The van der Waals surface area contributed by atoms with Crippen LogP contribution in [-0.2, 0) is 63.4 Å². The monoisotopic (exact) mass is 859 g/mol. The lowest BCUT2D eigenvalue weighted by molar-refractivity contribution is -0.0129. The van der Waals surface area contributed by atoms with Crippen LogP contribution in [0.15, 0.2) is 59.7 Å². The molecule has 2 aromatic heterocycles. The van der Waals surface area contributed by atoms with Gasteiger partial charge in [0.05, 0.1) is 160 Å². The van der Waals surface area contributed by atoms with Gasteiger partial charge in [-0.05, 0) is 24.3 Å². The Balaban J connectivity index is 1.24. The van der Waals surface area contributed by atoms with Crippen LogP contribution in [0, 0.1) is 0 Å². The van der Waals surface area contributed by atoms with Crippen molar-refractivity contribution in [3.05, 3.63) is 82.0 Å². The minimum Gasteiger partial charge on any atom is -0.460 e. The summed E-state index contributed by atoms with van der Waals surface area (Å²) in [5.41, 5.74) is 0.592. The minimum absolute atomic E-state index is 0.0359. The molecule has 2 aromatic carbocycles. The SMILES string of the molecule is COCCOCCOCCOCCOCCOC(=O)c1cc(C(=O)OCCOCCOCCOCCOCCOC)cc(-n2cc(Cn3ncc4ccccc4c3=O)nn2)c1. The van der Waals surface area contributed by atoms with Gasteiger partial charge in [-0.3, -0.25) is 4.79 Å². The summed E-state index contributed by atoms with van der Waals surface area (Å²) >= 11 is 0. The zero-order valence-corrected chi connectivity index (χ0v) is 34.9. The van der Waals surface area contributed by atoms with E-state index in [0.29, 0.717) is 109 Å². The number of esters is 2. The van der Waals surface area contributed by atoms with Gasteiger partial charge in [0.25, 0.3) is 5.56 Å². The number of carbonyl (C=O) groups excluding carboxylic acids is 2. The highest BCUT2D eigenvalue weighted by atomic mass is 16.6. The zero-order chi connectivity index (χ0) is 43.2. The average Bonchev–Trinajstić information content (AvgIpc) is 3.75. The highest BCUT2D eigenvalue weighted by Gasteiger charge is 2.18. The molecule has 20 nitrogen and oxygen atoms in total. The van der Waals surface area contributed by atoms with Crippen LogP contribution in [0.4, 0.5) is 0 Å². The number of rotatable bonds is 35. The first kappa shape index (κ1) is 48.9. The number of hydrogen-bond acceptors (Lipinski definition) is 18. The number of hydrogen-bond donors (Lipinski definition) is 0. The Morgan fingerprint density at radius 1 is 0.557 bits per heavy atom. The van der Waals surface area contributed by atoms with Gasteiger partial charge in [-0.25, -0.2) is 19.0 Å². The summed E-state index contributed by atoms with van der Waals surface area (Å²) < 4.78 is 66.9. The van der Waals surface area contributed by atoms with Crippen molar-refractivity contribution in [2.24, 2.45) is 0 Å². The van der Waals surface area contributed by atoms with Crippen molar-refractivity contribution in [2.45, 2.75) is 6.54 Å². The first-order valence-electron chi connectivity index (χ1n) is 20.0. The van der Waals surface area contributed by atoms with Gasteiger partial charge in [-0.1, -0.05) is 23.4 Å². The highest BCUT2D eigenvalue weighted by Crippen LogP contribution is 2.17. The predicted octanol–water partition coefficient (Wildman–Crippen LogP) is 1.76. The topological polar surface area (TPSA) is 210 Å². The first-order chi connectivity index (χ1) is 30.0. The van der Waals surface area contributed by atoms with Crippen molar-refractivity contribution in [2.75, 3.05) is 146 Å². The van der Waals surface area contributed by atoms with Crippen LogP contribution in [0.2, 0.25) is 0 Å². The second-order valence-corrected chi connectivity index (χ2v) is 12.8. The molecule has 0 aliphatic carbocycles. The third-order valence-electron chi connectivity index (χ3n) is 8.29. The van der Waals surface area contributed by atoms with Gasteiger partial charge in [-0.2, -0.15) is 5.10 Å². The van der Waals surface area contributed by atoms with Crippen molar-refractivity contribution in [1.82, 2.24) is 24.8 Å². The number of aromatic nitrogens is 5. The van der Waals surface area contributed by atoms with Gasteiger partial charge in [-0.15, -0.1) is 5.10 Å². The molecule has 0 bridgehead atoms. The molecule has 0 atom stereocenters. The number of carbonyl (C=O) groups is 2. The van der Waals surface area contributed by atoms with Crippen LogP contribution in [0.1, 0.15) is 26.4 Å². The maximum Gasteiger partial charge on any atom is 0.338 e. The average molecular weight is 860 g/mol. The van der Waals surface area contributed by atoms with Crippen LogP contribution in [0.5, 0.6) is 0 Å². The Morgan fingerprint density at radius 3 is 1.44 bits per heavy atom. The van der Waals surface area contributed by atoms with E-state index in [1.165, 1.54) is 27.6 Å². The van der Waals surface area contributed by atoms with Crippen LogP contribution in [0.25, 0.3) is 16.5 Å². The quantitative estimate of drug-likeness (QED) is 0.0477. The van der Waals surface area contributed by atoms with E-state index in [1.807, 2.05) is 12.1 Å². The Labute approximate surface area is 354 Å². The summed E-state index contributed by atoms with van der Waals surface area (Å²) in [5.74, 6) is -1.40. The maximum absolute atomic E-state index is 13.2. The van der Waals surface area contributed by atoms with Gasteiger partial charge in [0, 0.05) is 19.6 Å². The molecule has 0 aliphatic heterocycles. The standard InChI is InChI=1S/C41H57N5O15/c1-50-7-9-52-11-13-54-15-17-56-19-21-58-23-25-60-40(48)34-27-35(41(49)61-26-24-59-22-20-57-18-16-55-14-12-53-10-8-51-2)29-37(28-34)45-31-36(43-44-45)32-46-39(47)38-6-4-3-5-33(38)30-42-46/h3-6,27-31H,7-26,32H2,1-2H3. The van der Waals surface area contributed by atoms with Crippen molar-refractivity contribution >= 4 is 22.7 Å². The van der Waals surface area contributed by atoms with Crippen LogP contribution >= 0.6 is 0 Å². The second kappa shape index (κ2) is 30.3. The third kappa shape index (κ3) is 19.2. The van der Waals surface area contributed by atoms with E-state index in [2.05, 4.69) is 15.4 Å². The smallest absolute Gasteiger partial charge is 0.338 e. The summed E-state index contributed by atoms with van der Waals surface area (Å²) in [6.07, 6.45) is 3.18. The van der Waals surface area contributed by atoms with E-state index >= 15 is 0 Å². The van der Waals surface area contributed by atoms with E-state index in [-0.39, 0.29) is 62.9 Å². The van der Waals surface area contributed by atoms with Crippen LogP contribution in [0.3, 0.4) is 0 Å². The van der Waals surface area contributed by atoms with E-state index in [4.69, 9.17) is 56.8 Å². The lowest BCUT2D eigenvalue weighted by Crippen LogP contribution is -2.23. The number of benzene rings is 2. The fraction of sp³-hybridized carbons (Fsp3) is 0.561. The lowest BCUT2D eigenvalue weighted by Gasteiger charge is -2.11. The Morgan fingerprint density at radius 2 is 0.984 bits per heavy atom. The summed E-state index contributed by atoms with van der Waals surface area (Å²) in [6, 6.07) is 11.5. The minimum atomic E-state index is -0.699. The molecule has 0 aliphatic rings. The molecule has 0 saturated carbocycles. The van der Waals surface area contributed by atoms with Crippen molar-refractivity contribution in [3.63, 3.8) is 0 Å². The highest BCUT2D eigenvalue weighted by molar-refractivity contribution is 5.96. The number of fused-ring (bicyclic) bond motifs is 1. The van der Waals surface area contributed by atoms with Crippen LogP contribution < -0.4 is 5.56 Å². The second-order valence-electron chi connectivity index (χ2n) is 12.8. The van der Waals surface area contributed by atoms with E-state index < -0.39 is 11.9 Å². The molecule has 0 saturated heterocycles. The number of ether oxygens (including phenoxy) is 12. The molecule has 2 heterocycles. The van der Waals surface area contributed by atoms with E-state index in [9.17, 15) is 14.4 Å². The van der Waals surface area contributed by atoms with Crippen LogP contribution in [-0.4, -0.2) is 183 Å². The summed E-state index contributed by atoms with van der Waals surface area (Å²) in [5, 5.41) is 13.9. The van der Waals surface area contributed by atoms with Gasteiger partial charge < -0.3 is 56.8 Å². The molecule has 0 fully saturated rings. The maximum atomic E-state index is 13.2.